The van der Waals surface area contributed by atoms with Crippen molar-refractivity contribution < 1.29 is 14.3 Å². The number of aromatic nitrogens is 3. The van der Waals surface area contributed by atoms with Gasteiger partial charge >= 0.3 is 5.97 Å². The van der Waals surface area contributed by atoms with Gasteiger partial charge in [-0.25, -0.2) is 0 Å². The molecular formula is C19H24N4O3S. The van der Waals surface area contributed by atoms with Crippen molar-refractivity contribution in [2.45, 2.75) is 31.8 Å². The number of likely N-dealkylation sites (tertiary alicyclic amines) is 1. The van der Waals surface area contributed by atoms with Gasteiger partial charge in [0.05, 0.1) is 24.0 Å². The molecule has 1 aliphatic heterocycles. The van der Waals surface area contributed by atoms with Crippen LogP contribution in [0.3, 0.4) is 0 Å². The maximum absolute atomic E-state index is 12.5. The molecule has 1 amide bonds. The van der Waals surface area contributed by atoms with Gasteiger partial charge in [-0.15, -0.1) is 10.2 Å². The molecule has 1 aromatic carbocycles. The molecule has 27 heavy (non-hydrogen) atoms. The number of para-hydroxylation sites is 1. The molecular weight excluding hydrogens is 364 g/mol. The second-order valence-corrected chi connectivity index (χ2v) is 7.41. The summed E-state index contributed by atoms with van der Waals surface area (Å²) < 4.78 is 6.98. The van der Waals surface area contributed by atoms with E-state index < -0.39 is 0 Å². The molecule has 3 rings (SSSR count). The Balaban J connectivity index is 1.55. The van der Waals surface area contributed by atoms with E-state index in [4.69, 9.17) is 4.74 Å². The van der Waals surface area contributed by atoms with Crippen LogP contribution >= 0.6 is 11.8 Å². The first-order valence-corrected chi connectivity index (χ1v) is 10.1. The summed E-state index contributed by atoms with van der Waals surface area (Å²) in [6.07, 6.45) is 2.99. The lowest BCUT2D eigenvalue weighted by molar-refractivity contribution is -0.151. The van der Waals surface area contributed by atoms with Gasteiger partial charge in [0.25, 0.3) is 0 Å². The lowest BCUT2D eigenvalue weighted by Gasteiger charge is -2.30. The molecule has 0 bridgehead atoms. The molecule has 0 radical (unpaired) electrons. The third kappa shape index (κ3) is 4.68. The number of ether oxygens (including phenoxy) is 1. The number of carbonyl (C=O) groups excluding carboxylic acids is 2. The van der Waals surface area contributed by atoms with E-state index >= 15 is 0 Å². The van der Waals surface area contributed by atoms with E-state index in [9.17, 15) is 9.59 Å². The zero-order valence-electron chi connectivity index (χ0n) is 15.6. The van der Waals surface area contributed by atoms with Gasteiger partial charge in [-0.1, -0.05) is 30.0 Å². The van der Waals surface area contributed by atoms with Crippen molar-refractivity contribution in [2.75, 3.05) is 25.4 Å². The molecule has 0 spiro atoms. The number of benzene rings is 1. The Morgan fingerprint density at radius 3 is 2.70 bits per heavy atom. The van der Waals surface area contributed by atoms with Crippen LogP contribution in [0.5, 0.6) is 0 Å². The van der Waals surface area contributed by atoms with Crippen LogP contribution in [0.25, 0.3) is 5.69 Å². The number of piperidine rings is 1. The molecule has 1 saturated heterocycles. The van der Waals surface area contributed by atoms with E-state index in [1.165, 1.54) is 11.8 Å². The molecule has 0 unspecified atom stereocenters. The highest BCUT2D eigenvalue weighted by Gasteiger charge is 2.28. The fourth-order valence-corrected chi connectivity index (χ4v) is 3.99. The summed E-state index contributed by atoms with van der Waals surface area (Å²) in [4.78, 5) is 26.2. The molecule has 1 aromatic heterocycles. The van der Waals surface area contributed by atoms with Crippen molar-refractivity contribution in [3.05, 3.63) is 36.2 Å². The number of nitrogens with zero attached hydrogens (tertiary/aromatic N) is 4. The summed E-state index contributed by atoms with van der Waals surface area (Å²) in [5.74, 6) is 0.118. The summed E-state index contributed by atoms with van der Waals surface area (Å²) >= 11 is 1.38. The van der Waals surface area contributed by atoms with Gasteiger partial charge in [0, 0.05) is 13.1 Å². The molecule has 0 saturated carbocycles. The monoisotopic (exact) mass is 388 g/mol. The molecule has 1 fully saturated rings. The van der Waals surface area contributed by atoms with Gasteiger partial charge in [0.2, 0.25) is 5.91 Å². The molecule has 2 heterocycles. The van der Waals surface area contributed by atoms with E-state index in [0.717, 1.165) is 11.3 Å². The van der Waals surface area contributed by atoms with E-state index in [2.05, 4.69) is 10.2 Å². The molecule has 2 aromatic rings. The second-order valence-electron chi connectivity index (χ2n) is 6.47. The Hall–Kier alpha value is -2.35. The van der Waals surface area contributed by atoms with Crippen molar-refractivity contribution in [1.29, 1.82) is 0 Å². The molecule has 8 heteroatoms. The number of esters is 1. The Bertz CT molecular complexity index is 800. The van der Waals surface area contributed by atoms with Crippen LogP contribution in [0.2, 0.25) is 0 Å². The van der Waals surface area contributed by atoms with Crippen LogP contribution in [0.15, 0.2) is 35.7 Å². The molecule has 0 aliphatic carbocycles. The normalized spacial score (nSPS) is 15.0. The number of thioether (sulfide) groups is 1. The summed E-state index contributed by atoms with van der Waals surface area (Å²) in [6, 6.07) is 7.99. The van der Waals surface area contributed by atoms with Crippen LogP contribution in [-0.4, -0.2) is 57.0 Å². The zero-order valence-corrected chi connectivity index (χ0v) is 16.4. The quantitative estimate of drug-likeness (QED) is 0.559. The first-order valence-electron chi connectivity index (χ1n) is 9.13. The van der Waals surface area contributed by atoms with Gasteiger partial charge in [-0.05, 0) is 38.3 Å². The van der Waals surface area contributed by atoms with Gasteiger partial charge in [0.15, 0.2) is 5.16 Å². The molecule has 0 atom stereocenters. The van der Waals surface area contributed by atoms with Crippen molar-refractivity contribution in [1.82, 2.24) is 19.7 Å². The predicted molar refractivity (Wildman–Crippen MR) is 103 cm³/mol. The minimum atomic E-state index is -0.148. The average molecular weight is 388 g/mol. The average Bonchev–Trinajstić information content (AvgIpc) is 3.15. The van der Waals surface area contributed by atoms with Crippen LogP contribution in [0.4, 0.5) is 0 Å². The Kier molecular flexibility index (Phi) is 6.49. The van der Waals surface area contributed by atoms with Crippen molar-refractivity contribution in [3.63, 3.8) is 0 Å². The zero-order chi connectivity index (χ0) is 19.2. The number of aryl methyl sites for hydroxylation is 1. The fourth-order valence-electron chi connectivity index (χ4n) is 3.16. The number of carbonyl (C=O) groups is 2. The van der Waals surface area contributed by atoms with Crippen molar-refractivity contribution >= 4 is 23.6 Å². The number of hydrogen-bond acceptors (Lipinski definition) is 6. The van der Waals surface area contributed by atoms with Crippen LogP contribution in [-0.2, 0) is 14.3 Å². The molecule has 1 aliphatic rings. The highest BCUT2D eigenvalue weighted by Crippen LogP contribution is 2.24. The predicted octanol–water partition coefficient (Wildman–Crippen LogP) is 2.47. The largest absolute Gasteiger partial charge is 0.466 e. The fraction of sp³-hybridized carbons (Fsp3) is 0.474. The maximum atomic E-state index is 12.5. The van der Waals surface area contributed by atoms with Gasteiger partial charge in [-0.2, -0.15) is 0 Å². The van der Waals surface area contributed by atoms with E-state index in [0.29, 0.717) is 43.4 Å². The first-order chi connectivity index (χ1) is 13.1. The maximum Gasteiger partial charge on any atom is 0.309 e. The third-order valence-electron chi connectivity index (χ3n) is 4.68. The smallest absolute Gasteiger partial charge is 0.309 e. The van der Waals surface area contributed by atoms with E-state index in [-0.39, 0.29) is 17.8 Å². The van der Waals surface area contributed by atoms with Crippen LogP contribution in [0.1, 0.15) is 25.3 Å². The van der Waals surface area contributed by atoms with Crippen molar-refractivity contribution in [2.24, 2.45) is 5.92 Å². The third-order valence-corrected chi connectivity index (χ3v) is 5.61. The lowest BCUT2D eigenvalue weighted by Crippen LogP contribution is -2.41. The highest BCUT2D eigenvalue weighted by atomic mass is 32.2. The van der Waals surface area contributed by atoms with E-state index in [1.54, 1.807) is 6.33 Å². The molecule has 144 valence electrons. The minimum Gasteiger partial charge on any atom is -0.466 e. The van der Waals surface area contributed by atoms with Crippen molar-refractivity contribution in [3.8, 4) is 5.69 Å². The number of amides is 1. The standard InChI is InChI=1S/C19H24N4O3S/c1-3-26-18(25)15-8-10-22(11-9-15)17(24)12-27-19-21-20-13-23(19)16-7-5-4-6-14(16)2/h4-7,13,15H,3,8-12H2,1-2H3. The highest BCUT2D eigenvalue weighted by molar-refractivity contribution is 7.99. The van der Waals surface area contributed by atoms with Gasteiger partial charge in [-0.3, -0.25) is 14.2 Å². The van der Waals surface area contributed by atoms with Gasteiger partial charge in [0.1, 0.15) is 6.33 Å². The minimum absolute atomic E-state index is 0.0571. The van der Waals surface area contributed by atoms with Crippen LogP contribution in [0, 0.1) is 12.8 Å². The van der Waals surface area contributed by atoms with Crippen LogP contribution < -0.4 is 0 Å². The molecule has 7 nitrogen and oxygen atoms in total. The Morgan fingerprint density at radius 1 is 1.26 bits per heavy atom. The first kappa shape index (κ1) is 19.4. The lowest BCUT2D eigenvalue weighted by atomic mass is 9.97. The Labute approximate surface area is 163 Å². The summed E-state index contributed by atoms with van der Waals surface area (Å²) in [5.41, 5.74) is 2.12. The molecule has 0 N–H and O–H groups in total. The summed E-state index contributed by atoms with van der Waals surface area (Å²) in [7, 11) is 0. The number of rotatable bonds is 6. The number of hydrogen-bond donors (Lipinski definition) is 0. The van der Waals surface area contributed by atoms with E-state index in [1.807, 2.05) is 47.6 Å². The SMILES string of the molecule is CCOC(=O)C1CCN(C(=O)CSc2nncn2-c2ccccc2C)CC1. The van der Waals surface area contributed by atoms with Gasteiger partial charge < -0.3 is 9.64 Å². The topological polar surface area (TPSA) is 77.3 Å². The summed E-state index contributed by atoms with van der Waals surface area (Å²) in [6.45, 7) is 5.42. The Morgan fingerprint density at radius 2 is 2.00 bits per heavy atom. The second kappa shape index (κ2) is 9.03. The summed E-state index contributed by atoms with van der Waals surface area (Å²) in [5, 5.41) is 8.84.